The molecule has 0 aliphatic carbocycles. The topological polar surface area (TPSA) is 37.4 Å². The summed E-state index contributed by atoms with van der Waals surface area (Å²) in [7, 11) is 1.71. The molecule has 78 valence electrons. The highest BCUT2D eigenvalue weighted by Crippen LogP contribution is 2.22. The Labute approximate surface area is 87.9 Å². The number of hydrogen-bond acceptors (Lipinski definition) is 5. The van der Waals surface area contributed by atoms with Gasteiger partial charge in [0.2, 0.25) is 0 Å². The van der Waals surface area contributed by atoms with Gasteiger partial charge in [-0.1, -0.05) is 11.3 Å². The van der Waals surface area contributed by atoms with Crippen molar-refractivity contribution in [2.45, 2.75) is 6.61 Å². The van der Waals surface area contributed by atoms with E-state index < -0.39 is 0 Å². The standard InChI is InChI=1S/C9H15N3OS/c1-13-7-8-6-11-9(14-8)12-4-2-10-3-5-12/h6,10H,2-5,7H2,1H3. The van der Waals surface area contributed by atoms with E-state index in [1.807, 2.05) is 6.20 Å². The predicted octanol–water partition coefficient (Wildman–Crippen LogP) is 0.699. The van der Waals surface area contributed by atoms with Crippen LogP contribution in [0.2, 0.25) is 0 Å². The van der Waals surface area contributed by atoms with Crippen LogP contribution in [0.1, 0.15) is 4.88 Å². The monoisotopic (exact) mass is 213 g/mol. The van der Waals surface area contributed by atoms with Crippen LogP contribution >= 0.6 is 11.3 Å². The SMILES string of the molecule is COCc1cnc(N2CCNCC2)s1. The van der Waals surface area contributed by atoms with Gasteiger partial charge in [-0.2, -0.15) is 0 Å². The fraction of sp³-hybridized carbons (Fsp3) is 0.667. The highest BCUT2D eigenvalue weighted by Gasteiger charge is 2.13. The Morgan fingerprint density at radius 3 is 3.07 bits per heavy atom. The third-order valence-electron chi connectivity index (χ3n) is 2.22. The van der Waals surface area contributed by atoms with Crippen molar-refractivity contribution < 1.29 is 4.74 Å². The average molecular weight is 213 g/mol. The normalized spacial score (nSPS) is 17.4. The van der Waals surface area contributed by atoms with Gasteiger partial charge in [-0.3, -0.25) is 0 Å². The summed E-state index contributed by atoms with van der Waals surface area (Å²) in [5.74, 6) is 0. The average Bonchev–Trinajstić information content (AvgIpc) is 2.68. The van der Waals surface area contributed by atoms with Crippen LogP contribution in [0, 0.1) is 0 Å². The van der Waals surface area contributed by atoms with Crippen molar-refractivity contribution in [3.8, 4) is 0 Å². The maximum atomic E-state index is 5.07. The lowest BCUT2D eigenvalue weighted by Crippen LogP contribution is -2.43. The minimum Gasteiger partial charge on any atom is -0.379 e. The minimum atomic E-state index is 0.670. The Morgan fingerprint density at radius 1 is 1.57 bits per heavy atom. The van der Waals surface area contributed by atoms with E-state index in [0.29, 0.717) is 6.61 Å². The van der Waals surface area contributed by atoms with Gasteiger partial charge in [-0.05, 0) is 0 Å². The van der Waals surface area contributed by atoms with Gasteiger partial charge in [0.1, 0.15) is 0 Å². The summed E-state index contributed by atoms with van der Waals surface area (Å²) in [4.78, 5) is 7.91. The van der Waals surface area contributed by atoms with E-state index >= 15 is 0 Å². The largest absolute Gasteiger partial charge is 0.379 e. The number of methoxy groups -OCH3 is 1. The van der Waals surface area contributed by atoms with Crippen LogP contribution in [0.3, 0.4) is 0 Å². The molecule has 5 heteroatoms. The molecule has 0 atom stereocenters. The highest BCUT2D eigenvalue weighted by atomic mass is 32.1. The molecule has 2 heterocycles. The molecule has 0 spiro atoms. The summed E-state index contributed by atoms with van der Waals surface area (Å²) >= 11 is 1.73. The molecule has 1 aromatic rings. The molecule has 4 nitrogen and oxygen atoms in total. The number of ether oxygens (including phenoxy) is 1. The molecule has 1 aliphatic heterocycles. The molecule has 2 rings (SSSR count). The quantitative estimate of drug-likeness (QED) is 0.802. The first-order valence-corrected chi connectivity index (χ1v) is 5.61. The molecule has 1 aliphatic rings. The van der Waals surface area contributed by atoms with E-state index in [1.54, 1.807) is 18.4 Å². The fourth-order valence-electron chi connectivity index (χ4n) is 1.51. The summed E-state index contributed by atoms with van der Waals surface area (Å²) in [6.45, 7) is 4.89. The second-order valence-corrected chi connectivity index (χ2v) is 4.37. The van der Waals surface area contributed by atoms with Crippen molar-refractivity contribution in [2.75, 3.05) is 38.2 Å². The summed E-state index contributed by atoms with van der Waals surface area (Å²) in [6, 6.07) is 0. The van der Waals surface area contributed by atoms with Crippen molar-refractivity contribution in [3.63, 3.8) is 0 Å². The molecular weight excluding hydrogens is 198 g/mol. The molecule has 0 saturated carbocycles. The van der Waals surface area contributed by atoms with Crippen molar-refractivity contribution >= 4 is 16.5 Å². The first kappa shape index (κ1) is 9.89. The molecule has 0 aromatic carbocycles. The Balaban J connectivity index is 2.00. The molecule has 0 amide bonds. The molecule has 0 bridgehead atoms. The van der Waals surface area contributed by atoms with Crippen LogP contribution in [0.4, 0.5) is 5.13 Å². The fourth-order valence-corrected chi connectivity index (χ4v) is 2.44. The van der Waals surface area contributed by atoms with Gasteiger partial charge in [0.15, 0.2) is 5.13 Å². The van der Waals surface area contributed by atoms with Gasteiger partial charge in [0.25, 0.3) is 0 Å². The number of anilines is 1. The summed E-state index contributed by atoms with van der Waals surface area (Å²) in [6.07, 6.45) is 1.91. The van der Waals surface area contributed by atoms with Crippen LogP contribution in [0.5, 0.6) is 0 Å². The molecule has 14 heavy (non-hydrogen) atoms. The lowest BCUT2D eigenvalue weighted by molar-refractivity contribution is 0.187. The zero-order chi connectivity index (χ0) is 9.80. The lowest BCUT2D eigenvalue weighted by atomic mass is 10.4. The lowest BCUT2D eigenvalue weighted by Gasteiger charge is -2.26. The van der Waals surface area contributed by atoms with Gasteiger partial charge in [0, 0.05) is 39.5 Å². The molecule has 1 N–H and O–H groups in total. The molecule has 1 aromatic heterocycles. The molecule has 0 unspecified atom stereocenters. The molecule has 1 saturated heterocycles. The highest BCUT2D eigenvalue weighted by molar-refractivity contribution is 7.15. The Hall–Kier alpha value is -0.650. The van der Waals surface area contributed by atoms with Gasteiger partial charge in [-0.15, -0.1) is 0 Å². The number of hydrogen-bond donors (Lipinski definition) is 1. The van der Waals surface area contributed by atoms with E-state index in [1.165, 1.54) is 4.88 Å². The molecule has 1 fully saturated rings. The summed E-state index contributed by atoms with van der Waals surface area (Å²) < 4.78 is 5.07. The number of thiazole rings is 1. The zero-order valence-corrected chi connectivity index (χ0v) is 9.14. The van der Waals surface area contributed by atoms with Crippen molar-refractivity contribution in [2.24, 2.45) is 0 Å². The van der Waals surface area contributed by atoms with Gasteiger partial charge in [0.05, 0.1) is 11.5 Å². The van der Waals surface area contributed by atoms with Crippen molar-refractivity contribution in [1.29, 1.82) is 0 Å². The second-order valence-electron chi connectivity index (χ2n) is 3.28. The first-order chi connectivity index (χ1) is 6.90. The predicted molar refractivity (Wildman–Crippen MR) is 57.9 cm³/mol. The van der Waals surface area contributed by atoms with Gasteiger partial charge in [-0.25, -0.2) is 4.98 Å². The molecular formula is C9H15N3OS. The third kappa shape index (κ3) is 2.23. The van der Waals surface area contributed by atoms with E-state index in [9.17, 15) is 0 Å². The maximum absolute atomic E-state index is 5.07. The number of nitrogens with one attached hydrogen (secondary N) is 1. The Morgan fingerprint density at radius 2 is 2.36 bits per heavy atom. The van der Waals surface area contributed by atoms with Gasteiger partial charge >= 0.3 is 0 Å². The van der Waals surface area contributed by atoms with E-state index in [-0.39, 0.29) is 0 Å². The molecule has 0 radical (unpaired) electrons. The van der Waals surface area contributed by atoms with E-state index in [0.717, 1.165) is 31.3 Å². The minimum absolute atomic E-state index is 0.670. The number of nitrogens with zero attached hydrogens (tertiary/aromatic N) is 2. The summed E-state index contributed by atoms with van der Waals surface area (Å²) in [5, 5.41) is 4.45. The summed E-state index contributed by atoms with van der Waals surface area (Å²) in [5.41, 5.74) is 0. The van der Waals surface area contributed by atoms with Crippen molar-refractivity contribution in [3.05, 3.63) is 11.1 Å². The van der Waals surface area contributed by atoms with Crippen LogP contribution < -0.4 is 10.2 Å². The van der Waals surface area contributed by atoms with Gasteiger partial charge < -0.3 is 15.0 Å². The Kier molecular flexibility index (Phi) is 3.34. The van der Waals surface area contributed by atoms with Crippen LogP contribution in [-0.4, -0.2) is 38.3 Å². The second kappa shape index (κ2) is 4.72. The zero-order valence-electron chi connectivity index (χ0n) is 8.32. The third-order valence-corrected chi connectivity index (χ3v) is 3.25. The Bertz CT molecular complexity index is 283. The van der Waals surface area contributed by atoms with E-state index in [4.69, 9.17) is 4.74 Å². The maximum Gasteiger partial charge on any atom is 0.185 e. The smallest absolute Gasteiger partial charge is 0.185 e. The number of aromatic nitrogens is 1. The van der Waals surface area contributed by atoms with Crippen molar-refractivity contribution in [1.82, 2.24) is 10.3 Å². The van der Waals surface area contributed by atoms with Crippen LogP contribution in [-0.2, 0) is 11.3 Å². The van der Waals surface area contributed by atoms with Crippen LogP contribution in [0.15, 0.2) is 6.20 Å². The number of piperazine rings is 1. The van der Waals surface area contributed by atoms with E-state index in [2.05, 4.69) is 15.2 Å². The first-order valence-electron chi connectivity index (χ1n) is 4.79. The number of rotatable bonds is 3. The van der Waals surface area contributed by atoms with Crippen LogP contribution in [0.25, 0.3) is 0 Å².